The van der Waals surface area contributed by atoms with Crippen LogP contribution in [0.4, 0.5) is 4.39 Å². The van der Waals surface area contributed by atoms with Crippen LogP contribution in [0.5, 0.6) is 0 Å². The third-order valence-electron chi connectivity index (χ3n) is 3.56. The third-order valence-corrected chi connectivity index (χ3v) is 3.56. The summed E-state index contributed by atoms with van der Waals surface area (Å²) in [5.41, 5.74) is -1.57. The molecule has 0 bridgehead atoms. The van der Waals surface area contributed by atoms with E-state index in [1.165, 1.54) is 0 Å². The predicted octanol–water partition coefficient (Wildman–Crippen LogP) is -0.759. The molecule has 4 unspecified atom stereocenters. The second-order valence-electron chi connectivity index (χ2n) is 5.30. The van der Waals surface area contributed by atoms with Gasteiger partial charge in [0.1, 0.15) is 6.61 Å². The molecule has 0 amide bonds. The molecular formula is C14H17FN2O8. The van der Waals surface area contributed by atoms with E-state index >= 15 is 0 Å². The maximum absolute atomic E-state index is 15.0. The van der Waals surface area contributed by atoms with Gasteiger partial charge in [0.05, 0.1) is 0 Å². The molecule has 2 heterocycles. The largest absolute Gasteiger partial charge is 0.460 e. The molecule has 0 saturated carbocycles. The van der Waals surface area contributed by atoms with Gasteiger partial charge in [0, 0.05) is 33.2 Å². The first-order valence-corrected chi connectivity index (χ1v) is 7.19. The van der Waals surface area contributed by atoms with Crippen molar-refractivity contribution in [2.24, 2.45) is 0 Å². The number of carbonyl (C=O) groups is 2. The van der Waals surface area contributed by atoms with Gasteiger partial charge in [0.2, 0.25) is 5.79 Å². The predicted molar refractivity (Wildman–Crippen MR) is 78.3 cm³/mol. The van der Waals surface area contributed by atoms with Gasteiger partial charge < -0.3 is 18.9 Å². The molecule has 138 valence electrons. The molecule has 0 radical (unpaired) electrons. The summed E-state index contributed by atoms with van der Waals surface area (Å²) in [6.45, 7) is 1.53. The molecule has 1 fully saturated rings. The van der Waals surface area contributed by atoms with Crippen LogP contribution in [0.3, 0.4) is 0 Å². The van der Waals surface area contributed by atoms with Crippen LogP contribution in [0.25, 0.3) is 0 Å². The molecule has 1 aromatic heterocycles. The number of hydrogen-bond donors (Lipinski definition) is 1. The number of H-pyrrole nitrogens is 1. The monoisotopic (exact) mass is 360 g/mol. The van der Waals surface area contributed by atoms with Gasteiger partial charge in [-0.15, -0.1) is 0 Å². The van der Waals surface area contributed by atoms with Gasteiger partial charge in [0.15, 0.2) is 18.5 Å². The zero-order chi connectivity index (χ0) is 18.8. The van der Waals surface area contributed by atoms with Crippen LogP contribution in [-0.2, 0) is 28.5 Å². The lowest BCUT2D eigenvalue weighted by Crippen LogP contribution is -2.47. The number of halogens is 1. The minimum atomic E-state index is -2.09. The summed E-state index contributed by atoms with van der Waals surface area (Å²) in [5.74, 6) is -3.62. The number of rotatable bonds is 5. The fourth-order valence-electron chi connectivity index (χ4n) is 2.42. The van der Waals surface area contributed by atoms with Crippen molar-refractivity contribution in [2.45, 2.75) is 38.1 Å². The van der Waals surface area contributed by atoms with Crippen LogP contribution in [0.15, 0.2) is 21.9 Å². The summed E-state index contributed by atoms with van der Waals surface area (Å²) in [7, 11) is 1.11. The first kappa shape index (κ1) is 18.8. The number of carbonyl (C=O) groups excluding carboxylic acids is 2. The molecule has 0 spiro atoms. The maximum Gasteiger partial charge on any atom is 0.330 e. The first-order chi connectivity index (χ1) is 11.7. The number of ether oxygens (including phenoxy) is 4. The van der Waals surface area contributed by atoms with Crippen molar-refractivity contribution >= 4 is 11.9 Å². The highest BCUT2D eigenvalue weighted by Crippen LogP contribution is 2.41. The lowest BCUT2D eigenvalue weighted by atomic mass is 10.1. The highest BCUT2D eigenvalue weighted by Gasteiger charge is 2.60. The van der Waals surface area contributed by atoms with E-state index in [4.69, 9.17) is 18.9 Å². The maximum atomic E-state index is 15.0. The zero-order valence-electron chi connectivity index (χ0n) is 13.7. The molecule has 10 nitrogen and oxygen atoms in total. The lowest BCUT2D eigenvalue weighted by molar-refractivity contribution is -0.264. The standard InChI is InChI=1S/C14H17FN2O8/c1-7(18)23-6-14(22-3)11(15)10(24-8(2)19)12(25-14)17-5-4-9(20)16-13(17)21/h4-5,10-12H,6H2,1-3H3,(H,16,20,21). The van der Waals surface area contributed by atoms with Crippen LogP contribution in [0, 0.1) is 0 Å². The average Bonchev–Trinajstić information content (AvgIpc) is 2.79. The van der Waals surface area contributed by atoms with Gasteiger partial charge in [-0.1, -0.05) is 0 Å². The molecule has 11 heteroatoms. The van der Waals surface area contributed by atoms with E-state index in [2.05, 4.69) is 0 Å². The molecule has 25 heavy (non-hydrogen) atoms. The van der Waals surface area contributed by atoms with Gasteiger partial charge in [-0.25, -0.2) is 9.18 Å². The van der Waals surface area contributed by atoms with E-state index in [-0.39, 0.29) is 0 Å². The summed E-state index contributed by atoms with van der Waals surface area (Å²) >= 11 is 0. The Morgan fingerprint density at radius 2 is 2.04 bits per heavy atom. The van der Waals surface area contributed by atoms with Gasteiger partial charge in [0.25, 0.3) is 5.56 Å². The Kier molecular flexibility index (Phi) is 5.38. The zero-order valence-corrected chi connectivity index (χ0v) is 13.7. The number of alkyl halides is 1. The lowest BCUT2D eigenvalue weighted by Gasteiger charge is -2.28. The van der Waals surface area contributed by atoms with Crippen molar-refractivity contribution in [2.75, 3.05) is 13.7 Å². The number of aromatic amines is 1. The van der Waals surface area contributed by atoms with Crippen molar-refractivity contribution in [3.63, 3.8) is 0 Å². The highest BCUT2D eigenvalue weighted by molar-refractivity contribution is 5.66. The summed E-state index contributed by atoms with van der Waals surface area (Å²) in [6.07, 6.45) is -4.04. The average molecular weight is 360 g/mol. The first-order valence-electron chi connectivity index (χ1n) is 7.19. The Bertz CT molecular complexity index is 775. The molecule has 1 aromatic rings. The molecule has 1 N–H and O–H groups in total. The summed E-state index contributed by atoms with van der Waals surface area (Å²) in [6, 6.07) is 1.02. The van der Waals surface area contributed by atoms with E-state index in [1.54, 1.807) is 0 Å². The van der Waals surface area contributed by atoms with E-state index in [9.17, 15) is 23.6 Å². The van der Waals surface area contributed by atoms with Crippen LogP contribution >= 0.6 is 0 Å². The summed E-state index contributed by atoms with van der Waals surface area (Å²) in [5, 5.41) is 0. The van der Waals surface area contributed by atoms with E-state index in [1.807, 2.05) is 4.98 Å². The van der Waals surface area contributed by atoms with Crippen molar-refractivity contribution in [1.82, 2.24) is 9.55 Å². The number of nitrogens with one attached hydrogen (secondary N) is 1. The SMILES string of the molecule is COC1(COC(C)=O)OC(n2ccc(=O)[nH]c2=O)C(OC(C)=O)C1F. The Balaban J connectivity index is 2.45. The normalized spacial score (nSPS) is 28.6. The number of methoxy groups -OCH3 is 1. The fraction of sp³-hybridized carbons (Fsp3) is 0.571. The van der Waals surface area contributed by atoms with E-state index in [0.29, 0.717) is 0 Å². The van der Waals surface area contributed by atoms with Gasteiger partial charge in [-0.2, -0.15) is 0 Å². The van der Waals surface area contributed by atoms with E-state index < -0.39 is 54.1 Å². The minimum Gasteiger partial charge on any atom is -0.460 e. The molecule has 1 saturated heterocycles. The fourth-order valence-corrected chi connectivity index (χ4v) is 2.42. The highest BCUT2D eigenvalue weighted by atomic mass is 19.1. The number of hydrogen-bond acceptors (Lipinski definition) is 8. The second kappa shape index (κ2) is 7.15. The number of aromatic nitrogens is 2. The van der Waals surface area contributed by atoms with Crippen LogP contribution in [0.2, 0.25) is 0 Å². The van der Waals surface area contributed by atoms with Crippen LogP contribution in [0.1, 0.15) is 20.1 Å². The topological polar surface area (TPSA) is 126 Å². The van der Waals surface area contributed by atoms with Crippen molar-refractivity contribution in [3.8, 4) is 0 Å². The summed E-state index contributed by atoms with van der Waals surface area (Å²) in [4.78, 5) is 47.5. The van der Waals surface area contributed by atoms with Gasteiger partial charge in [-0.3, -0.25) is 23.9 Å². The molecule has 0 aromatic carbocycles. The van der Waals surface area contributed by atoms with Gasteiger partial charge in [-0.05, 0) is 0 Å². The van der Waals surface area contributed by atoms with Crippen molar-refractivity contribution < 1.29 is 32.9 Å². The smallest absolute Gasteiger partial charge is 0.330 e. The van der Waals surface area contributed by atoms with Crippen molar-refractivity contribution in [1.29, 1.82) is 0 Å². The molecule has 1 aliphatic rings. The quantitative estimate of drug-likeness (QED) is 0.679. The Morgan fingerprint density at radius 1 is 1.36 bits per heavy atom. The second-order valence-corrected chi connectivity index (χ2v) is 5.30. The van der Waals surface area contributed by atoms with Crippen LogP contribution in [-0.4, -0.2) is 53.3 Å². The van der Waals surface area contributed by atoms with E-state index in [0.717, 1.165) is 37.8 Å². The molecule has 2 rings (SSSR count). The molecule has 0 aliphatic carbocycles. The molecule has 1 aliphatic heterocycles. The Morgan fingerprint density at radius 3 is 2.56 bits per heavy atom. The molecule has 4 atom stereocenters. The number of esters is 2. The molecular weight excluding hydrogens is 343 g/mol. The Labute approximate surface area is 140 Å². The van der Waals surface area contributed by atoms with Crippen molar-refractivity contribution in [3.05, 3.63) is 33.1 Å². The third kappa shape index (κ3) is 3.77. The Hall–Kier alpha value is -2.53. The number of nitrogens with zero attached hydrogens (tertiary/aromatic N) is 1. The van der Waals surface area contributed by atoms with Crippen LogP contribution < -0.4 is 11.2 Å². The van der Waals surface area contributed by atoms with Gasteiger partial charge >= 0.3 is 17.6 Å². The summed E-state index contributed by atoms with van der Waals surface area (Å²) < 4.78 is 36.0. The minimum absolute atomic E-state index is 0.633.